The summed E-state index contributed by atoms with van der Waals surface area (Å²) in [6, 6.07) is 11.4. The van der Waals surface area contributed by atoms with Gasteiger partial charge >= 0.3 is 0 Å². The zero-order valence-corrected chi connectivity index (χ0v) is 9.55. The van der Waals surface area contributed by atoms with Crippen molar-refractivity contribution in [1.29, 1.82) is 0 Å². The Bertz CT molecular complexity index is 613. The maximum atomic E-state index is 12.2. The third kappa shape index (κ3) is 1.97. The molecule has 2 rings (SSSR count). The van der Waals surface area contributed by atoms with E-state index in [1.54, 1.807) is 18.2 Å². The average molecular weight is 250 g/mol. The maximum Gasteiger partial charge on any atom is 0.213 e. The van der Waals surface area contributed by atoms with Crippen molar-refractivity contribution in [3.05, 3.63) is 48.5 Å². The molecule has 0 amide bonds. The van der Waals surface area contributed by atoms with Gasteiger partial charge in [0.25, 0.3) is 0 Å². The van der Waals surface area contributed by atoms with Crippen molar-refractivity contribution in [1.82, 2.24) is 0 Å². The lowest BCUT2D eigenvalue weighted by atomic mass is 10.3. The Morgan fingerprint density at radius 3 is 1.82 bits per heavy atom. The van der Waals surface area contributed by atoms with Crippen molar-refractivity contribution in [2.75, 3.05) is 0 Å². The first kappa shape index (κ1) is 11.5. The van der Waals surface area contributed by atoms with E-state index in [1.807, 2.05) is 0 Å². The monoisotopic (exact) mass is 250 g/mol. The van der Waals surface area contributed by atoms with Gasteiger partial charge < -0.3 is 10.2 Å². The molecule has 0 radical (unpaired) electrons. The minimum atomic E-state index is -3.90. The summed E-state index contributed by atoms with van der Waals surface area (Å²) in [5, 5.41) is 19.1. The van der Waals surface area contributed by atoms with Gasteiger partial charge in [-0.15, -0.1) is 0 Å². The molecular formula is C12H10O4S. The van der Waals surface area contributed by atoms with Gasteiger partial charge in [-0.05, 0) is 24.3 Å². The molecule has 0 aromatic heterocycles. The van der Waals surface area contributed by atoms with Crippen LogP contribution in [0.1, 0.15) is 0 Å². The second-order valence-corrected chi connectivity index (χ2v) is 5.33. The van der Waals surface area contributed by atoms with Crippen molar-refractivity contribution in [3.63, 3.8) is 0 Å². The summed E-state index contributed by atoms with van der Waals surface area (Å²) in [6.07, 6.45) is 0. The van der Waals surface area contributed by atoms with E-state index in [0.29, 0.717) is 0 Å². The van der Waals surface area contributed by atoms with E-state index in [9.17, 15) is 18.6 Å². The van der Waals surface area contributed by atoms with Crippen molar-refractivity contribution in [3.8, 4) is 11.5 Å². The van der Waals surface area contributed by atoms with Crippen molar-refractivity contribution >= 4 is 9.84 Å². The predicted octanol–water partition coefficient (Wildman–Crippen LogP) is 1.93. The lowest BCUT2D eigenvalue weighted by Gasteiger charge is -2.08. The van der Waals surface area contributed by atoms with E-state index < -0.39 is 26.2 Å². The summed E-state index contributed by atoms with van der Waals surface area (Å²) in [4.78, 5) is -0.442. The first-order valence-corrected chi connectivity index (χ1v) is 6.33. The van der Waals surface area contributed by atoms with Crippen LogP contribution in [0, 0.1) is 0 Å². The van der Waals surface area contributed by atoms with E-state index in [1.165, 1.54) is 30.3 Å². The summed E-state index contributed by atoms with van der Waals surface area (Å²) in [6.45, 7) is 0. The number of hydrogen-bond donors (Lipinski definition) is 2. The Morgan fingerprint density at radius 2 is 1.29 bits per heavy atom. The Hall–Kier alpha value is -2.01. The van der Waals surface area contributed by atoms with Crippen LogP contribution in [0.4, 0.5) is 0 Å². The van der Waals surface area contributed by atoms with Gasteiger partial charge in [-0.3, -0.25) is 0 Å². The number of phenolic OH excluding ortho intramolecular Hbond substituents is 2. The standard InChI is InChI=1S/C12H10O4S/c13-10-7-4-8-11(14)12(10)17(15,16)9-5-2-1-3-6-9/h1-8,13-14H. The lowest BCUT2D eigenvalue weighted by molar-refractivity contribution is 0.423. The Labute approximate surface area is 98.7 Å². The summed E-state index contributed by atoms with van der Waals surface area (Å²) in [7, 11) is -3.90. The van der Waals surface area contributed by atoms with Crippen molar-refractivity contribution in [2.24, 2.45) is 0 Å². The highest BCUT2D eigenvalue weighted by molar-refractivity contribution is 7.91. The highest BCUT2D eigenvalue weighted by atomic mass is 32.2. The van der Waals surface area contributed by atoms with Crippen LogP contribution >= 0.6 is 0 Å². The van der Waals surface area contributed by atoms with E-state index in [0.717, 1.165) is 0 Å². The van der Waals surface area contributed by atoms with Crippen LogP contribution in [0.3, 0.4) is 0 Å². The SMILES string of the molecule is O=S(=O)(c1ccccc1)c1c(O)cccc1O. The molecule has 5 heteroatoms. The molecule has 0 spiro atoms. The predicted molar refractivity (Wildman–Crippen MR) is 61.7 cm³/mol. The fraction of sp³-hybridized carbons (Fsp3) is 0. The van der Waals surface area contributed by atoms with Crippen LogP contribution in [-0.4, -0.2) is 18.6 Å². The lowest BCUT2D eigenvalue weighted by Crippen LogP contribution is -2.02. The molecule has 0 heterocycles. The zero-order chi connectivity index (χ0) is 12.5. The van der Waals surface area contributed by atoms with Gasteiger partial charge in [0.1, 0.15) is 11.5 Å². The first-order chi connectivity index (χ1) is 8.03. The minimum absolute atomic E-state index is 0.0248. The van der Waals surface area contributed by atoms with E-state index >= 15 is 0 Å². The fourth-order valence-electron chi connectivity index (χ4n) is 1.51. The molecule has 17 heavy (non-hydrogen) atoms. The number of hydrogen-bond acceptors (Lipinski definition) is 4. The van der Waals surface area contributed by atoms with Crippen molar-refractivity contribution in [2.45, 2.75) is 9.79 Å². The molecule has 0 atom stereocenters. The molecule has 88 valence electrons. The number of aromatic hydroxyl groups is 2. The fourth-order valence-corrected chi connectivity index (χ4v) is 2.94. The Balaban J connectivity index is 2.69. The summed E-state index contributed by atoms with van der Waals surface area (Å²) in [5.74, 6) is -0.928. The largest absolute Gasteiger partial charge is 0.506 e. The quantitative estimate of drug-likeness (QED) is 0.854. The maximum absolute atomic E-state index is 12.2. The van der Waals surface area contributed by atoms with Crippen molar-refractivity contribution < 1.29 is 18.6 Å². The highest BCUT2D eigenvalue weighted by Gasteiger charge is 2.24. The van der Waals surface area contributed by atoms with Crippen LogP contribution in [-0.2, 0) is 9.84 Å². The zero-order valence-electron chi connectivity index (χ0n) is 8.74. The van der Waals surface area contributed by atoms with E-state index in [4.69, 9.17) is 0 Å². The van der Waals surface area contributed by atoms with Gasteiger partial charge in [0.05, 0.1) is 4.90 Å². The van der Waals surface area contributed by atoms with Crippen LogP contribution in [0.25, 0.3) is 0 Å². The average Bonchev–Trinajstić information content (AvgIpc) is 2.29. The Kier molecular flexibility index (Phi) is 2.77. The summed E-state index contributed by atoms with van der Waals surface area (Å²) < 4.78 is 24.3. The molecule has 0 aliphatic carbocycles. The summed E-state index contributed by atoms with van der Waals surface area (Å²) >= 11 is 0. The molecule has 0 aliphatic heterocycles. The molecule has 4 nitrogen and oxygen atoms in total. The van der Waals surface area contributed by atoms with Crippen LogP contribution in [0.15, 0.2) is 58.3 Å². The third-order valence-electron chi connectivity index (χ3n) is 2.30. The molecule has 2 aromatic carbocycles. The highest BCUT2D eigenvalue weighted by Crippen LogP contribution is 2.35. The van der Waals surface area contributed by atoms with Gasteiger partial charge in [-0.25, -0.2) is 8.42 Å². The number of phenols is 2. The minimum Gasteiger partial charge on any atom is -0.506 e. The van der Waals surface area contributed by atoms with Crippen LogP contribution < -0.4 is 0 Å². The van der Waals surface area contributed by atoms with Gasteiger partial charge in [0.2, 0.25) is 9.84 Å². The number of sulfone groups is 1. The Morgan fingerprint density at radius 1 is 0.765 bits per heavy atom. The van der Waals surface area contributed by atoms with Crippen LogP contribution in [0.2, 0.25) is 0 Å². The second kappa shape index (κ2) is 4.10. The smallest absolute Gasteiger partial charge is 0.213 e. The molecule has 2 N–H and O–H groups in total. The molecule has 0 saturated heterocycles. The van der Waals surface area contributed by atoms with E-state index in [-0.39, 0.29) is 4.90 Å². The van der Waals surface area contributed by atoms with Gasteiger partial charge in [-0.2, -0.15) is 0 Å². The second-order valence-electron chi connectivity index (χ2n) is 3.44. The van der Waals surface area contributed by atoms with Gasteiger partial charge in [0, 0.05) is 0 Å². The molecule has 0 saturated carbocycles. The van der Waals surface area contributed by atoms with Crippen LogP contribution in [0.5, 0.6) is 11.5 Å². The van der Waals surface area contributed by atoms with E-state index in [2.05, 4.69) is 0 Å². The molecular weight excluding hydrogens is 240 g/mol. The molecule has 0 unspecified atom stereocenters. The first-order valence-electron chi connectivity index (χ1n) is 4.84. The van der Waals surface area contributed by atoms with Gasteiger partial charge in [0.15, 0.2) is 4.90 Å². The third-order valence-corrected chi connectivity index (χ3v) is 4.14. The molecule has 0 bridgehead atoms. The normalized spacial score (nSPS) is 11.3. The van der Waals surface area contributed by atoms with Gasteiger partial charge in [-0.1, -0.05) is 24.3 Å². The molecule has 0 fully saturated rings. The topological polar surface area (TPSA) is 74.6 Å². The summed E-state index contributed by atoms with van der Waals surface area (Å²) in [5.41, 5.74) is 0. The number of rotatable bonds is 2. The molecule has 0 aliphatic rings. The molecule has 2 aromatic rings. The number of benzene rings is 2.